The van der Waals surface area contributed by atoms with Crippen LogP contribution in [0.5, 0.6) is 0 Å². The second-order valence-electron chi connectivity index (χ2n) is 6.34. The van der Waals surface area contributed by atoms with Gasteiger partial charge in [0, 0.05) is 6.04 Å². The summed E-state index contributed by atoms with van der Waals surface area (Å²) >= 11 is 0. The molecule has 3 atom stereocenters. The van der Waals surface area contributed by atoms with Crippen molar-refractivity contribution in [3.05, 3.63) is 0 Å². The zero-order chi connectivity index (χ0) is 14.3. The van der Waals surface area contributed by atoms with Gasteiger partial charge in [0.25, 0.3) is 0 Å². The molecule has 110 valence electrons. The van der Waals surface area contributed by atoms with Gasteiger partial charge in [-0.05, 0) is 33.1 Å². The Morgan fingerprint density at radius 3 is 2.17 bits per heavy atom. The van der Waals surface area contributed by atoms with Crippen LogP contribution in [0, 0.1) is 5.92 Å². The van der Waals surface area contributed by atoms with Gasteiger partial charge in [0.2, 0.25) is 0 Å². The monoisotopic (exact) mass is 277 g/mol. The van der Waals surface area contributed by atoms with Crippen molar-refractivity contribution in [3.8, 4) is 0 Å². The third-order valence-corrected chi connectivity index (χ3v) is 4.66. The lowest BCUT2D eigenvalue weighted by atomic mass is 9.96. The maximum Gasteiger partial charge on any atom is 0.0973 e. The first-order chi connectivity index (χ1) is 8.20. The second kappa shape index (κ2) is 8.28. The van der Waals surface area contributed by atoms with Gasteiger partial charge in [-0.1, -0.05) is 40.0 Å². The van der Waals surface area contributed by atoms with Crippen LogP contribution in [0.4, 0.5) is 0 Å². The summed E-state index contributed by atoms with van der Waals surface area (Å²) in [5.41, 5.74) is 0. The highest BCUT2D eigenvalue weighted by Gasteiger charge is 2.27. The molecular formula is C14H31NO2S. The van der Waals surface area contributed by atoms with E-state index in [9.17, 15) is 9.32 Å². The third-order valence-electron chi connectivity index (χ3n) is 3.03. The van der Waals surface area contributed by atoms with E-state index in [1.165, 1.54) is 0 Å². The van der Waals surface area contributed by atoms with Gasteiger partial charge >= 0.3 is 0 Å². The molecular weight excluding hydrogens is 246 g/mol. The molecule has 0 aromatic heterocycles. The largest absolute Gasteiger partial charge is 0.391 e. The van der Waals surface area contributed by atoms with Gasteiger partial charge in [-0.2, -0.15) is 0 Å². The standard InChI is InChI=1S/C14H31NO2S/c1-7-8-9-10-12(13(16)11(2)3)15-18(17)14(4,5)6/h11-13,15-16H,7-10H2,1-6H3/t12-,13+,18?/m0/s1. The normalized spacial score (nSPS) is 17.8. The predicted molar refractivity (Wildman–Crippen MR) is 79.8 cm³/mol. The highest BCUT2D eigenvalue weighted by atomic mass is 32.2. The van der Waals surface area contributed by atoms with Crippen LogP contribution in [-0.2, 0) is 11.0 Å². The maximum atomic E-state index is 12.1. The molecule has 0 rings (SSSR count). The first-order valence-electron chi connectivity index (χ1n) is 7.06. The minimum absolute atomic E-state index is 0.0726. The number of hydrogen-bond acceptors (Lipinski definition) is 2. The van der Waals surface area contributed by atoms with Crippen molar-refractivity contribution >= 4 is 11.0 Å². The van der Waals surface area contributed by atoms with Crippen LogP contribution in [0.1, 0.15) is 67.2 Å². The van der Waals surface area contributed by atoms with E-state index in [1.807, 2.05) is 34.6 Å². The van der Waals surface area contributed by atoms with E-state index < -0.39 is 17.1 Å². The number of aliphatic hydroxyl groups excluding tert-OH is 1. The Hall–Kier alpha value is 0.0700. The van der Waals surface area contributed by atoms with Crippen molar-refractivity contribution in [1.82, 2.24) is 4.72 Å². The van der Waals surface area contributed by atoms with E-state index >= 15 is 0 Å². The first-order valence-corrected chi connectivity index (χ1v) is 8.21. The van der Waals surface area contributed by atoms with Crippen LogP contribution in [0.2, 0.25) is 0 Å². The van der Waals surface area contributed by atoms with Gasteiger partial charge < -0.3 is 5.11 Å². The van der Waals surface area contributed by atoms with Crippen LogP contribution < -0.4 is 4.72 Å². The zero-order valence-corrected chi connectivity index (χ0v) is 13.6. The van der Waals surface area contributed by atoms with Crippen molar-refractivity contribution in [2.75, 3.05) is 0 Å². The molecule has 0 bridgehead atoms. The van der Waals surface area contributed by atoms with E-state index in [-0.39, 0.29) is 16.7 Å². The van der Waals surface area contributed by atoms with E-state index in [0.29, 0.717) is 0 Å². The van der Waals surface area contributed by atoms with Crippen LogP contribution >= 0.6 is 0 Å². The van der Waals surface area contributed by atoms with Crippen LogP contribution in [0.15, 0.2) is 0 Å². The Balaban J connectivity index is 4.51. The van der Waals surface area contributed by atoms with Gasteiger partial charge in [-0.25, -0.2) is 8.93 Å². The molecule has 0 spiro atoms. The van der Waals surface area contributed by atoms with Gasteiger partial charge in [0.1, 0.15) is 0 Å². The molecule has 0 heterocycles. The zero-order valence-electron chi connectivity index (χ0n) is 12.8. The molecule has 3 nitrogen and oxygen atoms in total. The minimum Gasteiger partial charge on any atom is -0.391 e. The molecule has 1 unspecified atom stereocenters. The summed E-state index contributed by atoms with van der Waals surface area (Å²) in [6.45, 7) is 12.0. The molecule has 0 radical (unpaired) electrons. The number of hydrogen-bond donors (Lipinski definition) is 2. The van der Waals surface area contributed by atoms with Crippen molar-refractivity contribution in [3.63, 3.8) is 0 Å². The van der Waals surface area contributed by atoms with Gasteiger partial charge in [-0.15, -0.1) is 0 Å². The summed E-state index contributed by atoms with van der Waals surface area (Å²) in [5, 5.41) is 10.2. The lowest BCUT2D eigenvalue weighted by Gasteiger charge is -2.29. The Bertz CT molecular complexity index is 249. The Labute approximate surface area is 115 Å². The molecule has 0 aliphatic heterocycles. The molecule has 0 aromatic rings. The fraction of sp³-hybridized carbons (Fsp3) is 1.00. The fourth-order valence-electron chi connectivity index (χ4n) is 1.69. The average Bonchev–Trinajstić information content (AvgIpc) is 2.25. The summed E-state index contributed by atoms with van der Waals surface area (Å²) in [6, 6.07) is -0.0726. The van der Waals surface area contributed by atoms with Crippen molar-refractivity contribution in [2.24, 2.45) is 5.92 Å². The molecule has 0 aromatic carbocycles. The summed E-state index contributed by atoms with van der Waals surface area (Å²) in [6.07, 6.45) is 3.83. The minimum atomic E-state index is -1.12. The topological polar surface area (TPSA) is 49.3 Å². The van der Waals surface area contributed by atoms with Crippen molar-refractivity contribution in [1.29, 1.82) is 0 Å². The van der Waals surface area contributed by atoms with E-state index in [0.717, 1.165) is 25.7 Å². The summed E-state index contributed by atoms with van der Waals surface area (Å²) < 4.78 is 15.0. The molecule has 0 aliphatic carbocycles. The van der Waals surface area contributed by atoms with Gasteiger partial charge in [-0.3, -0.25) is 0 Å². The van der Waals surface area contributed by atoms with E-state index in [2.05, 4.69) is 11.6 Å². The number of aliphatic hydroxyl groups is 1. The lowest BCUT2D eigenvalue weighted by molar-refractivity contribution is 0.0878. The SMILES string of the molecule is CCCCC[C@H](NS(=O)C(C)(C)C)[C@H](O)C(C)C. The van der Waals surface area contributed by atoms with Crippen LogP contribution in [0.25, 0.3) is 0 Å². The maximum absolute atomic E-state index is 12.1. The number of nitrogens with one attached hydrogen (secondary N) is 1. The first kappa shape index (κ1) is 18.1. The van der Waals surface area contributed by atoms with E-state index in [4.69, 9.17) is 0 Å². The second-order valence-corrected chi connectivity index (χ2v) is 8.33. The predicted octanol–water partition coefficient (Wildman–Crippen LogP) is 3.00. The molecule has 0 fully saturated rings. The number of rotatable bonds is 8. The highest BCUT2D eigenvalue weighted by molar-refractivity contribution is 7.84. The molecule has 2 N–H and O–H groups in total. The molecule has 18 heavy (non-hydrogen) atoms. The average molecular weight is 277 g/mol. The fourth-order valence-corrected chi connectivity index (χ4v) is 2.58. The quantitative estimate of drug-likeness (QED) is 0.670. The molecule has 0 aliphatic rings. The van der Waals surface area contributed by atoms with E-state index in [1.54, 1.807) is 0 Å². The summed E-state index contributed by atoms with van der Waals surface area (Å²) in [4.78, 5) is 0. The number of unbranched alkanes of at least 4 members (excludes halogenated alkanes) is 2. The summed E-state index contributed by atoms with van der Waals surface area (Å²) in [5.74, 6) is 0.182. The highest BCUT2D eigenvalue weighted by Crippen LogP contribution is 2.17. The van der Waals surface area contributed by atoms with Gasteiger partial charge in [0.15, 0.2) is 0 Å². The Kier molecular flexibility index (Phi) is 8.31. The Morgan fingerprint density at radius 1 is 1.22 bits per heavy atom. The van der Waals surface area contributed by atoms with Crippen molar-refractivity contribution in [2.45, 2.75) is 84.1 Å². The molecule has 0 saturated carbocycles. The third kappa shape index (κ3) is 6.86. The lowest BCUT2D eigenvalue weighted by Crippen LogP contribution is -2.47. The smallest absolute Gasteiger partial charge is 0.0973 e. The van der Waals surface area contributed by atoms with Crippen LogP contribution in [0.3, 0.4) is 0 Å². The molecule has 0 saturated heterocycles. The van der Waals surface area contributed by atoms with Crippen molar-refractivity contribution < 1.29 is 9.32 Å². The van der Waals surface area contributed by atoms with Crippen LogP contribution in [-0.4, -0.2) is 26.2 Å². The molecule has 4 heteroatoms. The van der Waals surface area contributed by atoms with Gasteiger partial charge in [0.05, 0.1) is 21.8 Å². The Morgan fingerprint density at radius 2 is 1.78 bits per heavy atom. The summed E-state index contributed by atoms with van der Waals surface area (Å²) in [7, 11) is -1.12. The molecule has 0 amide bonds.